The quantitative estimate of drug-likeness (QED) is 0.196. The molecule has 0 atom stereocenters. The van der Waals surface area contributed by atoms with Crippen LogP contribution in [0, 0.1) is 0 Å². The van der Waals surface area contributed by atoms with Crippen LogP contribution >= 0.6 is 0 Å². The van der Waals surface area contributed by atoms with Crippen molar-refractivity contribution in [3.63, 3.8) is 0 Å². The first-order valence-electron chi connectivity index (χ1n) is 15.6. The van der Waals surface area contributed by atoms with Crippen molar-refractivity contribution in [1.82, 2.24) is 9.97 Å². The second kappa shape index (κ2) is 9.70. The molecule has 0 spiro atoms. The Balaban J connectivity index is 1.18. The van der Waals surface area contributed by atoms with E-state index >= 15 is 0 Å². The maximum Gasteiger partial charge on any atom is 0.0972 e. The topological polar surface area (TPSA) is 25.8 Å². The highest BCUT2D eigenvalue weighted by atomic mass is 14.8. The fourth-order valence-electron chi connectivity index (χ4n) is 7.40. The van der Waals surface area contributed by atoms with Gasteiger partial charge in [0.2, 0.25) is 0 Å². The van der Waals surface area contributed by atoms with E-state index in [1.807, 2.05) is 6.07 Å². The van der Waals surface area contributed by atoms with E-state index in [-0.39, 0.29) is 5.41 Å². The molecule has 1 aliphatic carbocycles. The minimum Gasteiger partial charge on any atom is -0.245 e. The van der Waals surface area contributed by atoms with Crippen molar-refractivity contribution in [2.75, 3.05) is 0 Å². The molecule has 45 heavy (non-hydrogen) atoms. The van der Waals surface area contributed by atoms with Gasteiger partial charge in [0.05, 0.1) is 22.4 Å². The first-order valence-corrected chi connectivity index (χ1v) is 15.6. The molecule has 0 amide bonds. The second-order valence-electron chi connectivity index (χ2n) is 12.6. The first kappa shape index (κ1) is 25.9. The van der Waals surface area contributed by atoms with Gasteiger partial charge in [0, 0.05) is 27.3 Å². The van der Waals surface area contributed by atoms with Crippen LogP contribution < -0.4 is 0 Å². The SMILES string of the molecule is CC1(C)c2ccccc2-c2c(-c3ccc(-c4ccc5ccc6ccc(-c7ccccc7)nc6c5n4)cc3)cc3ccccc3c21. The standard InChI is InChI=1S/C43H30N2/c1-43(2)36-15-9-8-14-34(36)39-35(26-32-12-6-7-13-33(32)40(39)43)27-16-18-29(19-17-27)38-25-23-31-21-20-30-22-24-37(28-10-4-3-5-11-28)44-41(30)42(31)45-38/h3-26H,1-2H3. The van der Waals surface area contributed by atoms with E-state index in [2.05, 4.69) is 153 Å². The van der Waals surface area contributed by atoms with E-state index in [9.17, 15) is 0 Å². The van der Waals surface area contributed by atoms with Crippen molar-refractivity contribution in [3.05, 3.63) is 157 Å². The number of benzene rings is 6. The zero-order valence-electron chi connectivity index (χ0n) is 25.3. The average molecular weight is 575 g/mol. The Hall–Kier alpha value is -5.60. The molecule has 2 heteroatoms. The van der Waals surface area contributed by atoms with E-state index in [4.69, 9.17) is 9.97 Å². The van der Waals surface area contributed by atoms with Gasteiger partial charge in [0.1, 0.15) is 0 Å². The number of hydrogen-bond acceptors (Lipinski definition) is 2. The molecule has 212 valence electrons. The molecule has 2 nitrogen and oxygen atoms in total. The van der Waals surface area contributed by atoms with Crippen molar-refractivity contribution in [1.29, 1.82) is 0 Å². The number of hydrogen-bond donors (Lipinski definition) is 0. The summed E-state index contributed by atoms with van der Waals surface area (Å²) in [7, 11) is 0. The molecule has 0 bridgehead atoms. The fourth-order valence-corrected chi connectivity index (χ4v) is 7.40. The van der Waals surface area contributed by atoms with Crippen LogP contribution in [0.15, 0.2) is 146 Å². The van der Waals surface area contributed by atoms with Crippen molar-refractivity contribution >= 4 is 32.6 Å². The van der Waals surface area contributed by atoms with Crippen LogP contribution in [0.25, 0.3) is 77.3 Å². The van der Waals surface area contributed by atoms with Gasteiger partial charge in [-0.2, -0.15) is 0 Å². The Morgan fingerprint density at radius 1 is 0.444 bits per heavy atom. The maximum absolute atomic E-state index is 5.20. The predicted molar refractivity (Wildman–Crippen MR) is 188 cm³/mol. The predicted octanol–water partition coefficient (Wildman–Crippen LogP) is 11.2. The summed E-state index contributed by atoms with van der Waals surface area (Å²) < 4.78 is 0. The van der Waals surface area contributed by atoms with Crippen LogP contribution in [-0.2, 0) is 5.41 Å². The van der Waals surface area contributed by atoms with Crippen LogP contribution in [0.3, 0.4) is 0 Å². The third kappa shape index (κ3) is 3.96. The molecule has 0 N–H and O–H groups in total. The first-order chi connectivity index (χ1) is 22.1. The van der Waals surface area contributed by atoms with E-state index in [1.54, 1.807) is 0 Å². The lowest BCUT2D eigenvalue weighted by atomic mass is 9.79. The van der Waals surface area contributed by atoms with E-state index in [0.717, 1.165) is 44.3 Å². The number of fused-ring (bicyclic) bond motifs is 8. The van der Waals surface area contributed by atoms with Gasteiger partial charge < -0.3 is 0 Å². The third-order valence-corrected chi connectivity index (χ3v) is 9.62. The van der Waals surface area contributed by atoms with Gasteiger partial charge >= 0.3 is 0 Å². The van der Waals surface area contributed by atoms with Gasteiger partial charge in [-0.3, -0.25) is 0 Å². The van der Waals surface area contributed by atoms with Gasteiger partial charge in [-0.05, 0) is 62.4 Å². The molecule has 0 saturated heterocycles. The Labute approximate surface area is 262 Å². The number of nitrogens with zero attached hydrogens (tertiary/aromatic N) is 2. The van der Waals surface area contributed by atoms with E-state index in [1.165, 1.54) is 44.2 Å². The van der Waals surface area contributed by atoms with E-state index < -0.39 is 0 Å². The zero-order chi connectivity index (χ0) is 30.1. The molecule has 1 aliphatic rings. The van der Waals surface area contributed by atoms with Crippen LogP contribution in [0.2, 0.25) is 0 Å². The maximum atomic E-state index is 5.20. The highest BCUT2D eigenvalue weighted by molar-refractivity contribution is 6.06. The van der Waals surface area contributed by atoms with Crippen molar-refractivity contribution in [3.8, 4) is 44.8 Å². The Morgan fingerprint density at radius 2 is 1.00 bits per heavy atom. The normalized spacial score (nSPS) is 13.3. The van der Waals surface area contributed by atoms with Gasteiger partial charge in [-0.1, -0.05) is 141 Å². The number of pyridine rings is 2. The third-order valence-electron chi connectivity index (χ3n) is 9.62. The fraction of sp³-hybridized carbons (Fsp3) is 0.0698. The summed E-state index contributed by atoms with van der Waals surface area (Å²) in [6.45, 7) is 4.73. The Bertz CT molecular complexity index is 2440. The lowest BCUT2D eigenvalue weighted by Gasteiger charge is -2.24. The molecule has 2 aromatic heterocycles. The van der Waals surface area contributed by atoms with Crippen LogP contribution in [-0.4, -0.2) is 9.97 Å². The summed E-state index contributed by atoms with van der Waals surface area (Å²) >= 11 is 0. The van der Waals surface area contributed by atoms with Crippen molar-refractivity contribution < 1.29 is 0 Å². The molecule has 6 aromatic carbocycles. The molecule has 0 saturated carbocycles. The van der Waals surface area contributed by atoms with E-state index in [0.29, 0.717) is 0 Å². The smallest absolute Gasteiger partial charge is 0.0972 e. The highest BCUT2D eigenvalue weighted by Crippen LogP contribution is 2.54. The molecule has 8 aromatic rings. The van der Waals surface area contributed by atoms with Gasteiger partial charge in [-0.25, -0.2) is 9.97 Å². The summed E-state index contributed by atoms with van der Waals surface area (Å²) in [4.78, 5) is 10.3. The number of rotatable bonds is 3. The monoisotopic (exact) mass is 574 g/mol. The second-order valence-corrected chi connectivity index (χ2v) is 12.6. The molecule has 0 aliphatic heterocycles. The molecular weight excluding hydrogens is 544 g/mol. The van der Waals surface area contributed by atoms with Crippen LogP contribution in [0.1, 0.15) is 25.0 Å². The van der Waals surface area contributed by atoms with Crippen molar-refractivity contribution in [2.45, 2.75) is 19.3 Å². The van der Waals surface area contributed by atoms with Gasteiger partial charge in [0.25, 0.3) is 0 Å². The largest absolute Gasteiger partial charge is 0.245 e. The summed E-state index contributed by atoms with van der Waals surface area (Å²) in [5.74, 6) is 0. The molecule has 0 radical (unpaired) electrons. The van der Waals surface area contributed by atoms with Gasteiger partial charge in [0.15, 0.2) is 0 Å². The summed E-state index contributed by atoms with van der Waals surface area (Å²) in [5.41, 5.74) is 13.9. The van der Waals surface area contributed by atoms with Gasteiger partial charge in [-0.15, -0.1) is 0 Å². The average Bonchev–Trinajstić information content (AvgIpc) is 3.35. The lowest BCUT2D eigenvalue weighted by Crippen LogP contribution is -2.15. The molecule has 9 rings (SSSR count). The number of aromatic nitrogens is 2. The van der Waals surface area contributed by atoms with Crippen LogP contribution in [0.4, 0.5) is 0 Å². The Morgan fingerprint density at radius 3 is 1.71 bits per heavy atom. The van der Waals surface area contributed by atoms with Crippen LogP contribution in [0.5, 0.6) is 0 Å². The molecular formula is C43H30N2. The minimum absolute atomic E-state index is 0.0757. The summed E-state index contributed by atoms with van der Waals surface area (Å²) in [6, 6.07) is 52.2. The zero-order valence-corrected chi connectivity index (χ0v) is 25.3. The van der Waals surface area contributed by atoms with Crippen molar-refractivity contribution in [2.24, 2.45) is 0 Å². The minimum atomic E-state index is -0.0757. The summed E-state index contributed by atoms with van der Waals surface area (Å²) in [6.07, 6.45) is 0. The molecule has 0 unspecified atom stereocenters. The Kier molecular flexibility index (Phi) is 5.58. The molecule has 0 fully saturated rings. The molecule has 2 heterocycles. The summed E-state index contributed by atoms with van der Waals surface area (Å²) in [5, 5.41) is 4.80. The highest BCUT2D eigenvalue weighted by Gasteiger charge is 2.38. The lowest BCUT2D eigenvalue weighted by molar-refractivity contribution is 0.666.